The van der Waals surface area contributed by atoms with Gasteiger partial charge in [0.25, 0.3) is 0 Å². The smallest absolute Gasteiger partial charge is 0.323 e. The van der Waals surface area contributed by atoms with Gasteiger partial charge in [-0.3, -0.25) is 4.79 Å². The van der Waals surface area contributed by atoms with Crippen molar-refractivity contribution in [3.8, 4) is 23.0 Å². The first-order valence-corrected chi connectivity index (χ1v) is 12.4. The summed E-state index contributed by atoms with van der Waals surface area (Å²) in [5, 5.41) is 3.79. The molecule has 5 aromatic rings. The Morgan fingerprint density at radius 3 is 2.61 bits per heavy atom. The zero-order valence-corrected chi connectivity index (χ0v) is 20.8. The van der Waals surface area contributed by atoms with Crippen molar-refractivity contribution >= 4 is 55.0 Å². The van der Waals surface area contributed by atoms with Gasteiger partial charge in [0.2, 0.25) is 5.95 Å². The maximum absolute atomic E-state index is 14.2. The molecule has 0 spiro atoms. The number of hydrogen-bond donors (Lipinski definition) is 1. The van der Waals surface area contributed by atoms with Crippen molar-refractivity contribution in [2.75, 3.05) is 18.5 Å². The molecule has 1 N–H and O–H groups in total. The Morgan fingerprint density at radius 2 is 1.75 bits per heavy atom. The summed E-state index contributed by atoms with van der Waals surface area (Å²) in [4.78, 5) is 25.0. The van der Waals surface area contributed by atoms with Crippen LogP contribution >= 0.6 is 27.5 Å². The highest BCUT2D eigenvalue weighted by atomic mass is 79.9. The number of carbonyl (C=O) groups excluding carboxylic acids is 1. The fourth-order valence-corrected chi connectivity index (χ4v) is 5.34. The molecule has 6 rings (SSSR count). The summed E-state index contributed by atoms with van der Waals surface area (Å²) in [6, 6.07) is 18.1. The molecule has 2 heterocycles. The summed E-state index contributed by atoms with van der Waals surface area (Å²) < 4.78 is 31.5. The summed E-state index contributed by atoms with van der Waals surface area (Å²) in [6.45, 7) is 0.316. The lowest BCUT2D eigenvalue weighted by Gasteiger charge is -2.20. The Kier molecular flexibility index (Phi) is 5.78. The van der Waals surface area contributed by atoms with Crippen molar-refractivity contribution in [2.24, 2.45) is 0 Å². The molecule has 0 saturated heterocycles. The summed E-state index contributed by atoms with van der Waals surface area (Å²) in [5.74, 6) is 0.422. The molecular formula is C25H15BrFN5O3S. The first-order valence-electron chi connectivity index (χ1n) is 10.8. The summed E-state index contributed by atoms with van der Waals surface area (Å²) in [6.07, 6.45) is -1.02. The number of aromatic nitrogens is 4. The predicted molar refractivity (Wildman–Crippen MR) is 137 cm³/mol. The van der Waals surface area contributed by atoms with Crippen molar-refractivity contribution < 1.29 is 18.7 Å². The largest absolute Gasteiger partial charge is 0.490 e. The van der Waals surface area contributed by atoms with E-state index in [4.69, 9.17) is 9.47 Å². The minimum atomic E-state index is -1.02. The van der Waals surface area contributed by atoms with Crippen molar-refractivity contribution in [1.82, 2.24) is 19.3 Å². The Labute approximate surface area is 216 Å². The highest BCUT2D eigenvalue weighted by Crippen LogP contribution is 2.46. The van der Waals surface area contributed by atoms with E-state index in [9.17, 15) is 9.18 Å². The van der Waals surface area contributed by atoms with Gasteiger partial charge in [-0.05, 0) is 41.9 Å². The van der Waals surface area contributed by atoms with Crippen molar-refractivity contribution in [3.63, 3.8) is 0 Å². The summed E-state index contributed by atoms with van der Waals surface area (Å²) >= 11 is 4.89. The molecule has 0 atom stereocenters. The van der Waals surface area contributed by atoms with Crippen molar-refractivity contribution in [3.05, 3.63) is 82.3 Å². The van der Waals surface area contributed by atoms with E-state index in [2.05, 4.69) is 40.6 Å². The van der Waals surface area contributed by atoms with Crippen LogP contribution in [0, 0.1) is 6.08 Å². The number of nitrogens with zero attached hydrogens (tertiary/aromatic N) is 4. The maximum atomic E-state index is 14.2. The fourth-order valence-electron chi connectivity index (χ4n) is 4.02. The van der Waals surface area contributed by atoms with Crippen LogP contribution in [0.3, 0.4) is 0 Å². The lowest BCUT2D eigenvalue weighted by atomic mass is 9.86. The summed E-state index contributed by atoms with van der Waals surface area (Å²) in [5.41, 5.74) is 2.76. The number of nitrogens with one attached hydrogen (secondary N) is 1. The van der Waals surface area contributed by atoms with Crippen LogP contribution in [0.15, 0.2) is 65.1 Å². The second-order valence-electron chi connectivity index (χ2n) is 7.73. The predicted octanol–water partition coefficient (Wildman–Crippen LogP) is 5.80. The molecule has 0 unspecified atom stereocenters. The normalized spacial score (nSPS) is 11.9. The van der Waals surface area contributed by atoms with Gasteiger partial charge < -0.3 is 14.8 Å². The lowest BCUT2D eigenvalue weighted by Crippen LogP contribution is -2.14. The van der Waals surface area contributed by atoms with E-state index in [0.29, 0.717) is 28.1 Å². The SMILES string of the molecule is O=C1c2c(Nc3nc(F)nc(OCCOc4ccccc4)n3)ccc(Br)c2-c2nsc3cccc1c23. The quantitative estimate of drug-likeness (QED) is 0.243. The number of carbonyl (C=O) groups is 1. The van der Waals surface area contributed by atoms with Crippen LogP contribution in [0.25, 0.3) is 21.3 Å². The van der Waals surface area contributed by atoms with Crippen LogP contribution in [0.1, 0.15) is 15.9 Å². The van der Waals surface area contributed by atoms with Crippen LogP contribution in [0.5, 0.6) is 11.8 Å². The van der Waals surface area contributed by atoms with Crippen molar-refractivity contribution in [1.29, 1.82) is 0 Å². The number of fused-ring (bicyclic) bond motifs is 2. The van der Waals surface area contributed by atoms with Crippen LogP contribution < -0.4 is 14.8 Å². The van der Waals surface area contributed by atoms with E-state index in [1.54, 1.807) is 18.2 Å². The Balaban J connectivity index is 1.27. The topological polar surface area (TPSA) is 99.1 Å². The average Bonchev–Trinajstić information content (AvgIpc) is 3.31. The van der Waals surface area contributed by atoms with E-state index >= 15 is 0 Å². The number of para-hydroxylation sites is 1. The molecule has 2 aromatic heterocycles. The van der Waals surface area contributed by atoms with Gasteiger partial charge in [0.1, 0.15) is 19.0 Å². The molecule has 1 aliphatic rings. The number of ketones is 1. The van der Waals surface area contributed by atoms with Gasteiger partial charge in [-0.15, -0.1) is 4.98 Å². The number of rotatable bonds is 7. The van der Waals surface area contributed by atoms with Gasteiger partial charge in [0, 0.05) is 21.0 Å². The standard InChI is InChI=1S/C25H15BrFN5O3S/c26-15-9-10-16(20-19(15)21-18-14(22(20)33)7-4-8-17(18)36-32-21)28-24-29-23(27)30-25(31-24)35-12-11-34-13-5-2-1-3-6-13/h1-10H,11-12H2,(H,28,29,30,31). The van der Waals surface area contributed by atoms with Crippen LogP contribution in [0.4, 0.5) is 16.0 Å². The van der Waals surface area contributed by atoms with E-state index < -0.39 is 6.08 Å². The van der Waals surface area contributed by atoms with Crippen LogP contribution in [-0.4, -0.2) is 38.3 Å². The number of hydrogen-bond acceptors (Lipinski definition) is 9. The Morgan fingerprint density at radius 1 is 0.917 bits per heavy atom. The molecule has 1 aliphatic carbocycles. The zero-order valence-electron chi connectivity index (χ0n) is 18.4. The Hall–Kier alpha value is -3.96. The van der Waals surface area contributed by atoms with Gasteiger partial charge in [-0.2, -0.15) is 18.7 Å². The second-order valence-corrected chi connectivity index (χ2v) is 9.39. The molecule has 0 aliphatic heterocycles. The van der Waals surface area contributed by atoms with Gasteiger partial charge in [0.15, 0.2) is 5.78 Å². The zero-order chi connectivity index (χ0) is 24.6. The molecule has 178 valence electrons. The molecule has 3 aromatic carbocycles. The first-order chi connectivity index (χ1) is 17.6. The second kappa shape index (κ2) is 9.25. The molecule has 0 bridgehead atoms. The lowest BCUT2D eigenvalue weighted by molar-refractivity contribution is 0.104. The highest BCUT2D eigenvalue weighted by Gasteiger charge is 2.31. The molecule has 36 heavy (non-hydrogen) atoms. The third kappa shape index (κ3) is 4.06. The highest BCUT2D eigenvalue weighted by molar-refractivity contribution is 9.10. The Bertz CT molecular complexity index is 1630. The van der Waals surface area contributed by atoms with E-state index in [0.717, 1.165) is 20.3 Å². The van der Waals surface area contributed by atoms with Crippen LogP contribution in [-0.2, 0) is 0 Å². The van der Waals surface area contributed by atoms with Gasteiger partial charge >= 0.3 is 12.1 Å². The van der Waals surface area contributed by atoms with Crippen molar-refractivity contribution in [2.45, 2.75) is 0 Å². The van der Waals surface area contributed by atoms with Crippen LogP contribution in [0.2, 0.25) is 0 Å². The monoisotopic (exact) mass is 563 g/mol. The molecular weight excluding hydrogens is 549 g/mol. The molecule has 0 saturated carbocycles. The van der Waals surface area contributed by atoms with Gasteiger partial charge in [0.05, 0.1) is 21.6 Å². The third-order valence-corrected chi connectivity index (χ3v) is 6.99. The van der Waals surface area contributed by atoms with E-state index in [1.165, 1.54) is 11.5 Å². The van der Waals surface area contributed by atoms with Gasteiger partial charge in [-0.1, -0.05) is 46.3 Å². The van der Waals surface area contributed by atoms with E-state index in [1.807, 2.05) is 42.5 Å². The number of anilines is 2. The number of benzene rings is 3. The molecule has 0 amide bonds. The molecule has 0 radical (unpaired) electrons. The summed E-state index contributed by atoms with van der Waals surface area (Å²) in [7, 11) is 0. The maximum Gasteiger partial charge on any atom is 0.323 e. The number of halogens is 2. The molecule has 0 fully saturated rings. The average molecular weight is 564 g/mol. The minimum absolute atomic E-state index is 0.0962. The van der Waals surface area contributed by atoms with Gasteiger partial charge in [-0.25, -0.2) is 0 Å². The number of ether oxygens (including phenoxy) is 2. The third-order valence-electron chi connectivity index (χ3n) is 5.52. The molecule has 11 heteroatoms. The van der Waals surface area contributed by atoms with E-state index in [-0.39, 0.29) is 31.0 Å². The molecule has 8 nitrogen and oxygen atoms in total. The minimum Gasteiger partial charge on any atom is -0.490 e. The fraction of sp³-hybridized carbons (Fsp3) is 0.0800. The first kappa shape index (κ1) is 22.5.